The molecule has 0 aliphatic heterocycles. The van der Waals surface area contributed by atoms with Gasteiger partial charge in [-0.15, -0.1) is 0 Å². The first-order valence-electron chi connectivity index (χ1n) is 5.94. The number of nitro groups is 1. The minimum Gasteiger partial charge on any atom is -0.355 e. The minimum atomic E-state index is -0.478. The van der Waals surface area contributed by atoms with Gasteiger partial charge in [0.15, 0.2) is 0 Å². The fourth-order valence-corrected chi connectivity index (χ4v) is 1.63. The van der Waals surface area contributed by atoms with Gasteiger partial charge in [-0.25, -0.2) is 0 Å². The number of rotatable bonds is 7. The minimum absolute atomic E-state index is 0.0170. The average Bonchev–Trinajstić information content (AvgIpc) is 2.38. The van der Waals surface area contributed by atoms with Crippen LogP contribution in [0.5, 0.6) is 0 Å². The van der Waals surface area contributed by atoms with Crippen LogP contribution in [-0.4, -0.2) is 23.9 Å². The van der Waals surface area contributed by atoms with Crippen LogP contribution in [-0.2, 0) is 11.3 Å². The smallest absolute Gasteiger partial charge is 0.269 e. The van der Waals surface area contributed by atoms with E-state index in [1.54, 1.807) is 0 Å². The highest BCUT2D eigenvalue weighted by Crippen LogP contribution is 2.21. The molecule has 1 rings (SSSR count). The van der Waals surface area contributed by atoms with Crippen molar-refractivity contribution >= 4 is 23.2 Å². The zero-order valence-electron chi connectivity index (χ0n) is 10.6. The lowest BCUT2D eigenvalue weighted by molar-refractivity contribution is -0.384. The third-order valence-corrected chi connectivity index (χ3v) is 2.78. The third kappa shape index (κ3) is 5.23. The summed E-state index contributed by atoms with van der Waals surface area (Å²) in [4.78, 5) is 21.5. The third-order valence-electron chi connectivity index (χ3n) is 2.41. The van der Waals surface area contributed by atoms with E-state index in [2.05, 4.69) is 10.6 Å². The van der Waals surface area contributed by atoms with Gasteiger partial charge in [0.1, 0.15) is 0 Å². The molecule has 0 aliphatic carbocycles. The number of carbonyl (C=O) groups is 1. The Labute approximate surface area is 116 Å². The number of non-ortho nitro benzene ring substituents is 1. The maximum absolute atomic E-state index is 11.3. The summed E-state index contributed by atoms with van der Waals surface area (Å²) >= 11 is 5.94. The lowest BCUT2D eigenvalue weighted by Gasteiger charge is -2.07. The first-order chi connectivity index (χ1) is 9.04. The molecular weight excluding hydrogens is 270 g/mol. The summed E-state index contributed by atoms with van der Waals surface area (Å²) in [6, 6.07) is 4.23. The van der Waals surface area contributed by atoms with Crippen molar-refractivity contribution in [3.05, 3.63) is 38.9 Å². The van der Waals surface area contributed by atoms with Gasteiger partial charge in [-0.05, 0) is 18.1 Å². The summed E-state index contributed by atoms with van der Waals surface area (Å²) < 4.78 is 0. The van der Waals surface area contributed by atoms with Gasteiger partial charge >= 0.3 is 0 Å². The lowest BCUT2D eigenvalue weighted by Crippen LogP contribution is -2.33. The molecule has 7 heteroatoms. The first-order valence-corrected chi connectivity index (χ1v) is 6.32. The largest absolute Gasteiger partial charge is 0.355 e. The second kappa shape index (κ2) is 7.70. The first kappa shape index (κ1) is 15.4. The maximum Gasteiger partial charge on any atom is 0.269 e. The molecule has 0 aliphatic rings. The zero-order chi connectivity index (χ0) is 14.3. The summed E-state index contributed by atoms with van der Waals surface area (Å²) in [6.07, 6.45) is 0.877. The van der Waals surface area contributed by atoms with Crippen LogP contribution < -0.4 is 10.6 Å². The number of nitrogens with zero attached hydrogens (tertiary/aromatic N) is 1. The quantitative estimate of drug-likeness (QED) is 0.591. The summed E-state index contributed by atoms with van der Waals surface area (Å²) in [5, 5.41) is 16.7. The van der Waals surface area contributed by atoms with Gasteiger partial charge in [-0.3, -0.25) is 14.9 Å². The summed E-state index contributed by atoms with van der Waals surface area (Å²) in [5.74, 6) is -0.108. The Hall–Kier alpha value is -1.66. The Kier molecular flexibility index (Phi) is 6.24. The summed E-state index contributed by atoms with van der Waals surface area (Å²) in [6.45, 7) is 3.06. The van der Waals surface area contributed by atoms with Crippen molar-refractivity contribution in [1.82, 2.24) is 10.6 Å². The molecule has 0 atom stereocenters. The monoisotopic (exact) mass is 285 g/mol. The van der Waals surface area contributed by atoms with E-state index >= 15 is 0 Å². The molecule has 1 aromatic rings. The fourth-order valence-electron chi connectivity index (χ4n) is 1.45. The summed E-state index contributed by atoms with van der Waals surface area (Å²) in [5.41, 5.74) is 0.579. The van der Waals surface area contributed by atoms with Gasteiger partial charge in [0.05, 0.1) is 11.5 Å². The van der Waals surface area contributed by atoms with E-state index in [0.29, 0.717) is 23.7 Å². The molecule has 0 radical (unpaired) electrons. The van der Waals surface area contributed by atoms with Gasteiger partial charge in [0, 0.05) is 30.2 Å². The van der Waals surface area contributed by atoms with Crippen molar-refractivity contribution in [3.63, 3.8) is 0 Å². The SMILES string of the molecule is CCCNC(=O)CNCc1cc([N+](=O)[O-])ccc1Cl. The van der Waals surface area contributed by atoms with Crippen molar-refractivity contribution in [2.75, 3.05) is 13.1 Å². The van der Waals surface area contributed by atoms with E-state index in [4.69, 9.17) is 11.6 Å². The molecule has 0 heterocycles. The molecular formula is C12H16ClN3O3. The molecule has 1 aromatic carbocycles. The Bertz CT molecular complexity index is 466. The molecule has 0 unspecified atom stereocenters. The Morgan fingerprint density at radius 3 is 2.84 bits per heavy atom. The molecule has 104 valence electrons. The van der Waals surface area contributed by atoms with E-state index in [9.17, 15) is 14.9 Å². The Morgan fingerprint density at radius 1 is 1.47 bits per heavy atom. The number of nitro benzene ring substituents is 1. The average molecular weight is 286 g/mol. The van der Waals surface area contributed by atoms with Crippen LogP contribution in [0.2, 0.25) is 5.02 Å². The van der Waals surface area contributed by atoms with E-state index in [0.717, 1.165) is 6.42 Å². The number of nitrogens with one attached hydrogen (secondary N) is 2. The predicted octanol–water partition coefficient (Wildman–Crippen LogP) is 1.86. The lowest BCUT2D eigenvalue weighted by atomic mass is 10.2. The van der Waals surface area contributed by atoms with Gasteiger partial charge in [-0.2, -0.15) is 0 Å². The van der Waals surface area contributed by atoms with Gasteiger partial charge in [0.2, 0.25) is 5.91 Å². The van der Waals surface area contributed by atoms with Crippen molar-refractivity contribution in [1.29, 1.82) is 0 Å². The van der Waals surface area contributed by atoms with Crippen LogP contribution in [0.1, 0.15) is 18.9 Å². The predicted molar refractivity (Wildman–Crippen MR) is 73.1 cm³/mol. The van der Waals surface area contributed by atoms with Crippen LogP contribution in [0.25, 0.3) is 0 Å². The van der Waals surface area contributed by atoms with Crippen LogP contribution in [0.3, 0.4) is 0 Å². The van der Waals surface area contributed by atoms with Crippen LogP contribution in [0.15, 0.2) is 18.2 Å². The summed E-state index contributed by atoms with van der Waals surface area (Å²) in [7, 11) is 0. The molecule has 1 amide bonds. The fraction of sp³-hybridized carbons (Fsp3) is 0.417. The molecule has 0 bridgehead atoms. The molecule has 0 spiro atoms. The number of amides is 1. The van der Waals surface area contributed by atoms with Crippen molar-refractivity contribution < 1.29 is 9.72 Å². The molecule has 0 saturated heterocycles. The van der Waals surface area contributed by atoms with Crippen LogP contribution >= 0.6 is 11.6 Å². The molecule has 0 aromatic heterocycles. The number of carbonyl (C=O) groups excluding carboxylic acids is 1. The van der Waals surface area contributed by atoms with E-state index < -0.39 is 4.92 Å². The van der Waals surface area contributed by atoms with Crippen LogP contribution in [0.4, 0.5) is 5.69 Å². The van der Waals surface area contributed by atoms with Crippen LogP contribution in [0, 0.1) is 10.1 Å². The normalized spacial score (nSPS) is 10.2. The second-order valence-electron chi connectivity index (χ2n) is 3.99. The Morgan fingerprint density at radius 2 is 2.21 bits per heavy atom. The van der Waals surface area contributed by atoms with Crippen molar-refractivity contribution in [2.45, 2.75) is 19.9 Å². The standard InChI is InChI=1S/C12H16ClN3O3/c1-2-5-15-12(17)8-14-7-9-6-10(16(18)19)3-4-11(9)13/h3-4,6,14H,2,5,7-8H2,1H3,(H,15,17). The maximum atomic E-state index is 11.3. The highest BCUT2D eigenvalue weighted by molar-refractivity contribution is 6.31. The van der Waals surface area contributed by atoms with Crippen molar-refractivity contribution in [3.8, 4) is 0 Å². The number of benzene rings is 1. The Balaban J connectivity index is 2.51. The van der Waals surface area contributed by atoms with Crippen molar-refractivity contribution in [2.24, 2.45) is 0 Å². The molecule has 2 N–H and O–H groups in total. The van der Waals surface area contributed by atoms with E-state index in [1.165, 1.54) is 18.2 Å². The second-order valence-corrected chi connectivity index (χ2v) is 4.39. The molecule has 0 saturated carbocycles. The van der Waals surface area contributed by atoms with E-state index in [-0.39, 0.29) is 18.1 Å². The molecule has 0 fully saturated rings. The number of hydrogen-bond donors (Lipinski definition) is 2. The van der Waals surface area contributed by atoms with Gasteiger partial charge in [-0.1, -0.05) is 18.5 Å². The van der Waals surface area contributed by atoms with E-state index in [1.807, 2.05) is 6.92 Å². The highest BCUT2D eigenvalue weighted by atomic mass is 35.5. The zero-order valence-corrected chi connectivity index (χ0v) is 11.4. The van der Waals surface area contributed by atoms with Gasteiger partial charge in [0.25, 0.3) is 5.69 Å². The molecule has 19 heavy (non-hydrogen) atoms. The number of halogens is 1. The topological polar surface area (TPSA) is 84.3 Å². The highest BCUT2D eigenvalue weighted by Gasteiger charge is 2.09. The molecule has 6 nitrogen and oxygen atoms in total. The number of hydrogen-bond acceptors (Lipinski definition) is 4. The van der Waals surface area contributed by atoms with Gasteiger partial charge < -0.3 is 10.6 Å².